The van der Waals surface area contributed by atoms with Gasteiger partial charge in [0.15, 0.2) is 0 Å². The van der Waals surface area contributed by atoms with Crippen LogP contribution in [0.2, 0.25) is 0 Å². The van der Waals surface area contributed by atoms with Gasteiger partial charge in [0.25, 0.3) is 0 Å². The highest BCUT2D eigenvalue weighted by Gasteiger charge is 2.25. The first kappa shape index (κ1) is 22.1. The fraction of sp³-hybridized carbons (Fsp3) is 0.389. The van der Waals surface area contributed by atoms with E-state index in [0.29, 0.717) is 23.0 Å². The van der Waals surface area contributed by atoms with E-state index in [2.05, 4.69) is 5.10 Å². The molecule has 0 spiro atoms. The van der Waals surface area contributed by atoms with Gasteiger partial charge in [-0.1, -0.05) is 0 Å². The zero-order valence-electron chi connectivity index (χ0n) is 16.1. The zero-order valence-corrected chi connectivity index (χ0v) is 16.9. The Morgan fingerprint density at radius 1 is 1.25 bits per heavy atom. The topological polar surface area (TPSA) is 81.2 Å². The second-order valence-corrected chi connectivity index (χ2v) is 8.65. The fourth-order valence-electron chi connectivity index (χ4n) is 2.77. The van der Waals surface area contributed by atoms with Crippen LogP contribution in [-0.4, -0.2) is 43.1 Å². The molecule has 0 saturated heterocycles. The lowest BCUT2D eigenvalue weighted by Crippen LogP contribution is -2.23. The third-order valence-corrected chi connectivity index (χ3v) is 6.23. The standard InChI is InChI=1S/C18H23F3N4O2S/c1-11-15(12(2)25(23-11)10-14(19)5-6-22)7-13-8-17(21)18(9-16(13)20)28(26,27)24(3)4/h5,8-9H,6-7,10,22H2,1-4H3. The molecule has 0 unspecified atom stereocenters. The van der Waals surface area contributed by atoms with Crippen molar-refractivity contribution in [1.29, 1.82) is 0 Å². The van der Waals surface area contributed by atoms with Gasteiger partial charge in [-0.05, 0) is 37.6 Å². The number of nitrogens with zero attached hydrogens (tertiary/aromatic N) is 3. The Morgan fingerprint density at radius 3 is 2.46 bits per heavy atom. The van der Waals surface area contributed by atoms with E-state index in [1.165, 1.54) is 24.9 Å². The first-order chi connectivity index (χ1) is 13.0. The second kappa shape index (κ2) is 8.46. The maximum atomic E-state index is 14.5. The average Bonchev–Trinajstić information content (AvgIpc) is 2.85. The van der Waals surface area contributed by atoms with Crippen molar-refractivity contribution in [3.8, 4) is 0 Å². The van der Waals surface area contributed by atoms with E-state index in [4.69, 9.17) is 5.73 Å². The molecule has 0 bridgehead atoms. The highest BCUT2D eigenvalue weighted by molar-refractivity contribution is 7.89. The number of halogens is 3. The SMILES string of the molecule is Cc1nn(CC(F)=CCN)c(C)c1Cc1cc(F)c(S(=O)(=O)N(C)C)cc1F. The molecule has 10 heteroatoms. The van der Waals surface area contributed by atoms with Crippen molar-refractivity contribution in [2.45, 2.75) is 31.7 Å². The van der Waals surface area contributed by atoms with Gasteiger partial charge in [-0.25, -0.2) is 25.9 Å². The second-order valence-electron chi connectivity index (χ2n) is 6.53. The third-order valence-electron chi connectivity index (χ3n) is 4.40. The van der Waals surface area contributed by atoms with Gasteiger partial charge >= 0.3 is 0 Å². The van der Waals surface area contributed by atoms with Crippen LogP contribution >= 0.6 is 0 Å². The minimum atomic E-state index is -4.11. The van der Waals surface area contributed by atoms with Crippen molar-refractivity contribution < 1.29 is 21.6 Å². The van der Waals surface area contributed by atoms with Crippen LogP contribution in [-0.2, 0) is 23.0 Å². The van der Waals surface area contributed by atoms with Crippen LogP contribution in [0.25, 0.3) is 0 Å². The zero-order chi connectivity index (χ0) is 21.2. The molecule has 154 valence electrons. The summed E-state index contributed by atoms with van der Waals surface area (Å²) in [4.78, 5) is -0.725. The summed E-state index contributed by atoms with van der Waals surface area (Å²) in [6.45, 7) is 3.33. The first-order valence-corrected chi connectivity index (χ1v) is 9.91. The van der Waals surface area contributed by atoms with Gasteiger partial charge in [0.2, 0.25) is 10.0 Å². The van der Waals surface area contributed by atoms with Gasteiger partial charge in [-0.15, -0.1) is 0 Å². The summed E-state index contributed by atoms with van der Waals surface area (Å²) in [6.07, 6.45) is 1.22. The van der Waals surface area contributed by atoms with E-state index in [-0.39, 0.29) is 25.1 Å². The van der Waals surface area contributed by atoms with E-state index in [1.54, 1.807) is 13.8 Å². The Labute approximate surface area is 162 Å². The Balaban J connectivity index is 2.41. The molecule has 0 amide bonds. The highest BCUT2D eigenvalue weighted by Crippen LogP contribution is 2.25. The van der Waals surface area contributed by atoms with Crippen molar-refractivity contribution in [2.75, 3.05) is 20.6 Å². The average molecular weight is 416 g/mol. The third kappa shape index (κ3) is 4.45. The largest absolute Gasteiger partial charge is 0.327 e. The quantitative estimate of drug-likeness (QED) is 0.752. The van der Waals surface area contributed by atoms with Gasteiger partial charge in [-0.2, -0.15) is 5.10 Å². The molecular weight excluding hydrogens is 393 g/mol. The van der Waals surface area contributed by atoms with Crippen molar-refractivity contribution in [2.24, 2.45) is 5.73 Å². The van der Waals surface area contributed by atoms with Gasteiger partial charge in [0, 0.05) is 38.3 Å². The van der Waals surface area contributed by atoms with E-state index in [0.717, 1.165) is 10.4 Å². The van der Waals surface area contributed by atoms with Gasteiger partial charge in [0.05, 0.1) is 12.2 Å². The summed E-state index contributed by atoms with van der Waals surface area (Å²) in [5, 5.41) is 4.24. The van der Waals surface area contributed by atoms with Gasteiger partial charge in [0.1, 0.15) is 22.4 Å². The number of aryl methyl sites for hydroxylation is 1. The Kier molecular flexibility index (Phi) is 6.68. The fourth-order valence-corrected chi connectivity index (χ4v) is 3.72. The van der Waals surface area contributed by atoms with Crippen molar-refractivity contribution in [3.05, 3.63) is 58.2 Å². The molecule has 0 aliphatic carbocycles. The minimum absolute atomic E-state index is 0.00899. The Hall–Kier alpha value is -2.17. The molecule has 0 saturated carbocycles. The molecule has 1 heterocycles. The lowest BCUT2D eigenvalue weighted by atomic mass is 10.0. The molecule has 2 rings (SSSR count). The molecule has 28 heavy (non-hydrogen) atoms. The summed E-state index contributed by atoms with van der Waals surface area (Å²) in [6, 6.07) is 1.55. The summed E-state index contributed by atoms with van der Waals surface area (Å²) in [5.41, 5.74) is 7.02. The Bertz CT molecular complexity index is 1010. The summed E-state index contributed by atoms with van der Waals surface area (Å²) < 4.78 is 69.1. The maximum absolute atomic E-state index is 14.5. The number of allylic oxidation sites excluding steroid dienone is 1. The van der Waals surface area contributed by atoms with Crippen LogP contribution in [0.3, 0.4) is 0 Å². The monoisotopic (exact) mass is 416 g/mol. The summed E-state index contributed by atoms with van der Waals surface area (Å²) in [5.74, 6) is -2.33. The molecule has 0 aliphatic heterocycles. The van der Waals surface area contributed by atoms with Crippen LogP contribution < -0.4 is 5.73 Å². The van der Waals surface area contributed by atoms with Crippen LogP contribution in [0.15, 0.2) is 28.9 Å². The smallest absolute Gasteiger partial charge is 0.245 e. The van der Waals surface area contributed by atoms with Crippen molar-refractivity contribution >= 4 is 10.0 Å². The number of benzene rings is 1. The molecule has 1 aromatic heterocycles. The molecule has 0 atom stereocenters. The molecule has 2 N–H and O–H groups in total. The number of rotatable bonds is 7. The molecule has 2 aromatic rings. The Morgan fingerprint density at radius 2 is 1.89 bits per heavy atom. The lowest BCUT2D eigenvalue weighted by Gasteiger charge is -2.13. The molecular formula is C18H23F3N4O2S. The van der Waals surface area contributed by atoms with Crippen LogP contribution in [0, 0.1) is 25.5 Å². The molecule has 0 radical (unpaired) electrons. The number of sulfonamides is 1. The molecule has 0 aliphatic rings. The maximum Gasteiger partial charge on any atom is 0.245 e. The van der Waals surface area contributed by atoms with E-state index in [9.17, 15) is 21.6 Å². The first-order valence-electron chi connectivity index (χ1n) is 8.47. The molecule has 6 nitrogen and oxygen atoms in total. The number of aromatic nitrogens is 2. The van der Waals surface area contributed by atoms with Crippen LogP contribution in [0.4, 0.5) is 13.2 Å². The van der Waals surface area contributed by atoms with E-state index in [1.807, 2.05) is 0 Å². The van der Waals surface area contributed by atoms with Gasteiger partial charge < -0.3 is 5.73 Å². The van der Waals surface area contributed by atoms with Crippen LogP contribution in [0.1, 0.15) is 22.5 Å². The molecule has 0 fully saturated rings. The number of hydrogen-bond acceptors (Lipinski definition) is 4. The highest BCUT2D eigenvalue weighted by atomic mass is 32.2. The summed E-state index contributed by atoms with van der Waals surface area (Å²) >= 11 is 0. The molecule has 1 aromatic carbocycles. The number of hydrogen-bond donors (Lipinski definition) is 1. The number of nitrogens with two attached hydrogens (primary N) is 1. The van der Waals surface area contributed by atoms with E-state index < -0.39 is 32.4 Å². The van der Waals surface area contributed by atoms with E-state index >= 15 is 0 Å². The summed E-state index contributed by atoms with van der Waals surface area (Å²) in [7, 11) is -1.64. The van der Waals surface area contributed by atoms with Crippen LogP contribution in [0.5, 0.6) is 0 Å². The normalized spacial score (nSPS) is 12.8. The minimum Gasteiger partial charge on any atom is -0.327 e. The predicted molar refractivity (Wildman–Crippen MR) is 100.0 cm³/mol. The van der Waals surface area contributed by atoms with Crippen molar-refractivity contribution in [3.63, 3.8) is 0 Å². The predicted octanol–water partition coefficient (Wildman–Crippen LogP) is 2.43. The van der Waals surface area contributed by atoms with Gasteiger partial charge in [-0.3, -0.25) is 4.68 Å². The lowest BCUT2D eigenvalue weighted by molar-refractivity contribution is 0.502. The van der Waals surface area contributed by atoms with Crippen molar-refractivity contribution in [1.82, 2.24) is 14.1 Å².